The summed E-state index contributed by atoms with van der Waals surface area (Å²) in [4.78, 5) is 2.13. The molecule has 0 radical (unpaired) electrons. The third-order valence-electron chi connectivity index (χ3n) is 5.61. The van der Waals surface area contributed by atoms with Crippen molar-refractivity contribution in [3.63, 3.8) is 0 Å². The molecule has 0 heterocycles. The highest BCUT2D eigenvalue weighted by molar-refractivity contribution is 5.28. The average Bonchev–Trinajstić information content (AvgIpc) is 2.64. The first-order valence-electron chi connectivity index (χ1n) is 9.67. The lowest BCUT2D eigenvalue weighted by Crippen LogP contribution is -2.46. The van der Waals surface area contributed by atoms with Crippen LogP contribution in [0, 0.1) is 18.7 Å². The van der Waals surface area contributed by atoms with E-state index in [9.17, 15) is 9.50 Å². The summed E-state index contributed by atoms with van der Waals surface area (Å²) in [6, 6.07) is 14.7. The third kappa shape index (κ3) is 4.95. The van der Waals surface area contributed by atoms with Gasteiger partial charge in [-0.25, -0.2) is 4.39 Å². The second-order valence-corrected chi connectivity index (χ2v) is 8.08. The molecular weight excluding hydrogens is 341 g/mol. The van der Waals surface area contributed by atoms with Crippen molar-refractivity contribution in [3.05, 3.63) is 71.0 Å². The summed E-state index contributed by atoms with van der Waals surface area (Å²) in [6.07, 6.45) is 2.41. The molecule has 2 aromatic rings. The van der Waals surface area contributed by atoms with Gasteiger partial charge in [0.05, 0.1) is 18.3 Å². The van der Waals surface area contributed by atoms with Crippen LogP contribution in [0.15, 0.2) is 48.5 Å². The Bertz CT molecular complexity index is 729. The number of hydrogen-bond donors (Lipinski definition) is 1. The van der Waals surface area contributed by atoms with E-state index < -0.39 is 5.60 Å². The van der Waals surface area contributed by atoms with Crippen LogP contribution in [0.4, 0.5) is 4.39 Å². The average molecular weight is 371 g/mol. The van der Waals surface area contributed by atoms with Gasteiger partial charge in [-0.3, -0.25) is 0 Å². The van der Waals surface area contributed by atoms with Crippen molar-refractivity contribution in [2.45, 2.75) is 44.5 Å². The molecule has 3 unspecified atom stereocenters. The van der Waals surface area contributed by atoms with Gasteiger partial charge in [-0.2, -0.15) is 0 Å². The molecule has 0 saturated heterocycles. The monoisotopic (exact) mass is 371 g/mol. The molecule has 1 saturated carbocycles. The van der Waals surface area contributed by atoms with E-state index >= 15 is 0 Å². The number of benzene rings is 2. The minimum absolute atomic E-state index is 0.0992. The number of aryl methyl sites for hydroxylation is 1. The molecule has 4 heteroatoms. The predicted octanol–water partition coefficient (Wildman–Crippen LogP) is 4.27. The highest BCUT2D eigenvalue weighted by Crippen LogP contribution is 2.43. The van der Waals surface area contributed by atoms with E-state index in [1.165, 1.54) is 17.7 Å². The number of hydrogen-bond acceptors (Lipinski definition) is 3. The Morgan fingerprint density at radius 1 is 1.11 bits per heavy atom. The number of nitrogens with zero attached hydrogens (tertiary/aromatic N) is 1. The summed E-state index contributed by atoms with van der Waals surface area (Å²) in [5.74, 6) is -0.132. The zero-order valence-electron chi connectivity index (χ0n) is 16.5. The Morgan fingerprint density at radius 2 is 1.78 bits per heavy atom. The van der Waals surface area contributed by atoms with Gasteiger partial charge >= 0.3 is 0 Å². The number of ether oxygens (including phenoxy) is 1. The lowest BCUT2D eigenvalue weighted by Gasteiger charge is -2.44. The van der Waals surface area contributed by atoms with E-state index in [2.05, 4.69) is 36.1 Å². The minimum atomic E-state index is -0.826. The molecule has 3 atom stereocenters. The van der Waals surface area contributed by atoms with Gasteiger partial charge < -0.3 is 14.7 Å². The molecule has 0 aromatic heterocycles. The summed E-state index contributed by atoms with van der Waals surface area (Å²) >= 11 is 0. The van der Waals surface area contributed by atoms with Crippen LogP contribution in [0.25, 0.3) is 0 Å². The Hall–Kier alpha value is -1.75. The van der Waals surface area contributed by atoms with Gasteiger partial charge in [0.2, 0.25) is 0 Å². The van der Waals surface area contributed by atoms with Gasteiger partial charge in [0, 0.05) is 12.5 Å². The second-order valence-electron chi connectivity index (χ2n) is 8.08. The molecular formula is C23H30FNO2. The Balaban J connectivity index is 1.70. The fourth-order valence-corrected chi connectivity index (χ4v) is 4.05. The molecule has 3 rings (SSSR count). The first-order valence-corrected chi connectivity index (χ1v) is 9.67. The molecule has 0 spiro atoms. The zero-order chi connectivity index (χ0) is 19.4. The molecule has 2 aromatic carbocycles. The van der Waals surface area contributed by atoms with Crippen molar-refractivity contribution < 1.29 is 14.2 Å². The van der Waals surface area contributed by atoms with E-state index in [4.69, 9.17) is 4.74 Å². The lowest BCUT2D eigenvalue weighted by atomic mass is 9.70. The SMILES string of the molecule is Cc1ccc(C2(O)CCC(OCc3ccc(F)cc3)CC2CN(C)C)cc1. The first kappa shape index (κ1) is 20.0. The van der Waals surface area contributed by atoms with E-state index in [1.807, 2.05) is 14.1 Å². The molecule has 27 heavy (non-hydrogen) atoms. The second kappa shape index (κ2) is 8.51. The normalized spacial score (nSPS) is 25.7. The van der Waals surface area contributed by atoms with Crippen LogP contribution < -0.4 is 0 Å². The van der Waals surface area contributed by atoms with Crippen molar-refractivity contribution in [1.29, 1.82) is 0 Å². The van der Waals surface area contributed by atoms with E-state index in [-0.39, 0.29) is 17.8 Å². The Morgan fingerprint density at radius 3 is 2.41 bits per heavy atom. The van der Waals surface area contributed by atoms with Gasteiger partial charge in [-0.05, 0) is 63.5 Å². The van der Waals surface area contributed by atoms with E-state index in [0.29, 0.717) is 13.0 Å². The van der Waals surface area contributed by atoms with Crippen molar-refractivity contribution in [1.82, 2.24) is 4.90 Å². The van der Waals surface area contributed by atoms with Crippen molar-refractivity contribution in [2.75, 3.05) is 20.6 Å². The number of rotatable bonds is 6. The van der Waals surface area contributed by atoms with E-state index in [0.717, 1.165) is 30.5 Å². The lowest BCUT2D eigenvalue weighted by molar-refractivity contribution is -0.110. The maximum Gasteiger partial charge on any atom is 0.123 e. The van der Waals surface area contributed by atoms with Crippen LogP contribution >= 0.6 is 0 Å². The highest BCUT2D eigenvalue weighted by atomic mass is 19.1. The third-order valence-corrected chi connectivity index (χ3v) is 5.61. The topological polar surface area (TPSA) is 32.7 Å². The van der Waals surface area contributed by atoms with Crippen LogP contribution in [-0.4, -0.2) is 36.8 Å². The fourth-order valence-electron chi connectivity index (χ4n) is 4.05. The molecule has 1 N–H and O–H groups in total. The summed E-state index contributed by atoms with van der Waals surface area (Å²) in [5, 5.41) is 11.6. The molecule has 0 amide bonds. The quantitative estimate of drug-likeness (QED) is 0.823. The highest BCUT2D eigenvalue weighted by Gasteiger charge is 2.43. The van der Waals surface area contributed by atoms with Crippen molar-refractivity contribution in [3.8, 4) is 0 Å². The van der Waals surface area contributed by atoms with Crippen molar-refractivity contribution in [2.24, 2.45) is 5.92 Å². The van der Waals surface area contributed by atoms with Crippen LogP contribution in [0.3, 0.4) is 0 Å². The standard InChI is InChI=1S/C23H30FNO2/c1-17-4-8-19(9-5-17)23(26)13-12-22(14-20(23)15-25(2)3)27-16-18-6-10-21(24)11-7-18/h4-11,20,22,26H,12-16H2,1-3H3. The molecule has 1 aliphatic carbocycles. The van der Waals surface area contributed by atoms with Crippen molar-refractivity contribution >= 4 is 0 Å². The first-order chi connectivity index (χ1) is 12.9. The summed E-state index contributed by atoms with van der Waals surface area (Å²) < 4.78 is 19.2. The summed E-state index contributed by atoms with van der Waals surface area (Å²) in [7, 11) is 4.08. The molecule has 146 valence electrons. The molecule has 0 aliphatic heterocycles. The van der Waals surface area contributed by atoms with Crippen LogP contribution in [-0.2, 0) is 16.9 Å². The molecule has 1 fully saturated rings. The number of halogens is 1. The number of aliphatic hydroxyl groups is 1. The van der Waals surface area contributed by atoms with E-state index in [1.54, 1.807) is 12.1 Å². The maximum absolute atomic E-state index is 13.1. The maximum atomic E-state index is 13.1. The van der Waals surface area contributed by atoms with Gasteiger partial charge in [-0.1, -0.05) is 42.0 Å². The largest absolute Gasteiger partial charge is 0.385 e. The fraction of sp³-hybridized carbons (Fsp3) is 0.478. The van der Waals surface area contributed by atoms with Crippen LogP contribution in [0.5, 0.6) is 0 Å². The van der Waals surface area contributed by atoms with Gasteiger partial charge in [0.15, 0.2) is 0 Å². The predicted molar refractivity (Wildman–Crippen MR) is 106 cm³/mol. The smallest absolute Gasteiger partial charge is 0.123 e. The summed E-state index contributed by atoms with van der Waals surface area (Å²) in [5.41, 5.74) is 2.34. The molecule has 1 aliphatic rings. The van der Waals surface area contributed by atoms with Gasteiger partial charge in [0.1, 0.15) is 5.82 Å². The zero-order valence-corrected chi connectivity index (χ0v) is 16.5. The Kier molecular flexibility index (Phi) is 6.30. The van der Waals surface area contributed by atoms with Gasteiger partial charge in [-0.15, -0.1) is 0 Å². The summed E-state index contributed by atoms with van der Waals surface area (Å²) in [6.45, 7) is 3.34. The van der Waals surface area contributed by atoms with Gasteiger partial charge in [0.25, 0.3) is 0 Å². The molecule has 0 bridgehead atoms. The minimum Gasteiger partial charge on any atom is -0.385 e. The van der Waals surface area contributed by atoms with Crippen LogP contribution in [0.2, 0.25) is 0 Å². The Labute approximate surface area is 161 Å². The van der Waals surface area contributed by atoms with Crippen LogP contribution in [0.1, 0.15) is 36.0 Å². The molecule has 3 nitrogen and oxygen atoms in total.